The Hall–Kier alpha value is -2.62. The molecule has 0 radical (unpaired) electrons. The van der Waals surface area contributed by atoms with Crippen molar-refractivity contribution in [2.75, 3.05) is 23.7 Å². The summed E-state index contributed by atoms with van der Waals surface area (Å²) in [6, 6.07) is 18.5. The minimum Gasteiger partial charge on any atom is -0.369 e. The molecule has 0 saturated carbocycles. The summed E-state index contributed by atoms with van der Waals surface area (Å²) in [5, 5.41) is 7.80. The summed E-state index contributed by atoms with van der Waals surface area (Å²) in [5.74, 6) is 1.58. The van der Waals surface area contributed by atoms with Crippen LogP contribution in [0.5, 0.6) is 0 Å². The van der Waals surface area contributed by atoms with Crippen LogP contribution in [0.2, 0.25) is 0 Å². The van der Waals surface area contributed by atoms with Crippen molar-refractivity contribution in [2.45, 2.75) is 19.8 Å². The molecule has 2 N–H and O–H groups in total. The van der Waals surface area contributed by atoms with E-state index in [0.29, 0.717) is 5.95 Å². The van der Waals surface area contributed by atoms with Crippen LogP contribution in [-0.2, 0) is 6.42 Å². The highest BCUT2D eigenvalue weighted by molar-refractivity contribution is 5.89. The van der Waals surface area contributed by atoms with Gasteiger partial charge in [0.25, 0.3) is 0 Å². The molecule has 4 heteroatoms. The molecular formula is C19H22N4. The maximum atomic E-state index is 4.64. The third-order valence-electron chi connectivity index (χ3n) is 3.69. The molecule has 0 aliphatic carbocycles. The second-order valence-corrected chi connectivity index (χ2v) is 5.50. The number of benzene rings is 2. The van der Waals surface area contributed by atoms with Gasteiger partial charge in [-0.25, -0.2) is 4.98 Å². The van der Waals surface area contributed by atoms with Crippen LogP contribution in [0.25, 0.3) is 10.9 Å². The van der Waals surface area contributed by atoms with Crippen LogP contribution < -0.4 is 10.6 Å². The van der Waals surface area contributed by atoms with Gasteiger partial charge in [0, 0.05) is 18.5 Å². The molecule has 1 heterocycles. The number of hydrogen-bond donors (Lipinski definition) is 2. The number of fused-ring (bicyclic) bond motifs is 1. The van der Waals surface area contributed by atoms with E-state index in [2.05, 4.69) is 57.9 Å². The van der Waals surface area contributed by atoms with Crippen LogP contribution in [-0.4, -0.2) is 23.1 Å². The first-order valence-electron chi connectivity index (χ1n) is 8.15. The van der Waals surface area contributed by atoms with Crippen molar-refractivity contribution in [3.8, 4) is 0 Å². The van der Waals surface area contributed by atoms with Crippen LogP contribution in [0.3, 0.4) is 0 Å². The fourth-order valence-corrected chi connectivity index (χ4v) is 2.50. The molecule has 0 aliphatic heterocycles. The lowest BCUT2D eigenvalue weighted by Gasteiger charge is -2.11. The smallest absolute Gasteiger partial charge is 0.225 e. The summed E-state index contributed by atoms with van der Waals surface area (Å²) in [6.45, 7) is 3.87. The van der Waals surface area contributed by atoms with Gasteiger partial charge in [0.05, 0.1) is 5.52 Å². The highest BCUT2D eigenvalue weighted by Crippen LogP contribution is 2.21. The third-order valence-corrected chi connectivity index (χ3v) is 3.69. The van der Waals surface area contributed by atoms with E-state index in [0.717, 1.165) is 42.7 Å². The maximum absolute atomic E-state index is 4.64. The Morgan fingerprint density at radius 2 is 1.61 bits per heavy atom. The normalized spacial score (nSPS) is 10.7. The predicted molar refractivity (Wildman–Crippen MR) is 97.0 cm³/mol. The standard InChI is InChI=1S/C19H22N4/c1-2-13-20-18-16-10-6-7-11-17(16)22-19(23-18)21-14-12-15-8-4-3-5-9-15/h3-11H,2,12-14H2,1H3,(H2,20,21,22,23). The number of nitrogens with zero attached hydrogens (tertiary/aromatic N) is 2. The van der Waals surface area contributed by atoms with Crippen molar-refractivity contribution in [3.63, 3.8) is 0 Å². The van der Waals surface area contributed by atoms with Crippen LogP contribution in [0.15, 0.2) is 54.6 Å². The molecule has 118 valence electrons. The van der Waals surface area contributed by atoms with Crippen LogP contribution in [0.4, 0.5) is 11.8 Å². The SMILES string of the molecule is CCCNc1nc(NCCc2ccccc2)nc2ccccc12. The molecule has 0 saturated heterocycles. The minimum atomic E-state index is 0.679. The highest BCUT2D eigenvalue weighted by Gasteiger charge is 2.06. The summed E-state index contributed by atoms with van der Waals surface area (Å²) in [4.78, 5) is 9.25. The topological polar surface area (TPSA) is 49.8 Å². The first kappa shape index (κ1) is 15.3. The third kappa shape index (κ3) is 3.97. The Kier molecular flexibility index (Phi) is 5.04. The highest BCUT2D eigenvalue weighted by atomic mass is 15.1. The molecule has 0 spiro atoms. The van der Waals surface area contributed by atoms with Crippen LogP contribution in [0.1, 0.15) is 18.9 Å². The minimum absolute atomic E-state index is 0.679. The number of hydrogen-bond acceptors (Lipinski definition) is 4. The van der Waals surface area contributed by atoms with Crippen LogP contribution >= 0.6 is 0 Å². The lowest BCUT2D eigenvalue weighted by molar-refractivity contribution is 0.961. The van der Waals surface area contributed by atoms with Gasteiger partial charge in [-0.2, -0.15) is 4.98 Å². The Morgan fingerprint density at radius 3 is 2.43 bits per heavy atom. The van der Waals surface area contributed by atoms with Gasteiger partial charge < -0.3 is 10.6 Å². The first-order valence-corrected chi connectivity index (χ1v) is 8.15. The lowest BCUT2D eigenvalue weighted by Crippen LogP contribution is -2.10. The second kappa shape index (κ2) is 7.58. The number of aromatic nitrogens is 2. The molecule has 0 amide bonds. The van der Waals surface area contributed by atoms with E-state index in [1.54, 1.807) is 0 Å². The van der Waals surface area contributed by atoms with E-state index in [9.17, 15) is 0 Å². The van der Waals surface area contributed by atoms with E-state index in [4.69, 9.17) is 0 Å². The van der Waals surface area contributed by atoms with E-state index in [-0.39, 0.29) is 0 Å². The van der Waals surface area contributed by atoms with Crippen molar-refractivity contribution in [3.05, 3.63) is 60.2 Å². The van der Waals surface area contributed by atoms with Gasteiger partial charge in [0.1, 0.15) is 5.82 Å². The molecule has 1 aromatic heterocycles. The van der Waals surface area contributed by atoms with Gasteiger partial charge in [-0.1, -0.05) is 49.4 Å². The zero-order chi connectivity index (χ0) is 15.9. The van der Waals surface area contributed by atoms with E-state index < -0.39 is 0 Å². The zero-order valence-electron chi connectivity index (χ0n) is 13.4. The van der Waals surface area contributed by atoms with Gasteiger partial charge in [0.2, 0.25) is 5.95 Å². The number of nitrogens with one attached hydrogen (secondary N) is 2. The van der Waals surface area contributed by atoms with Gasteiger partial charge in [0.15, 0.2) is 0 Å². The molecule has 0 aliphatic rings. The largest absolute Gasteiger partial charge is 0.369 e. The molecule has 3 aromatic rings. The van der Waals surface area contributed by atoms with Gasteiger partial charge in [-0.3, -0.25) is 0 Å². The van der Waals surface area contributed by atoms with Crippen molar-refractivity contribution in [1.82, 2.24) is 9.97 Å². The molecular weight excluding hydrogens is 284 g/mol. The van der Waals surface area contributed by atoms with E-state index in [1.807, 2.05) is 24.3 Å². The van der Waals surface area contributed by atoms with Crippen LogP contribution in [0, 0.1) is 0 Å². The fraction of sp³-hybridized carbons (Fsp3) is 0.263. The summed E-state index contributed by atoms with van der Waals surface area (Å²) in [5.41, 5.74) is 2.27. The first-order chi connectivity index (χ1) is 11.4. The Balaban J connectivity index is 1.75. The molecule has 2 aromatic carbocycles. The van der Waals surface area contributed by atoms with E-state index >= 15 is 0 Å². The van der Waals surface area contributed by atoms with Crippen molar-refractivity contribution in [2.24, 2.45) is 0 Å². The van der Waals surface area contributed by atoms with Gasteiger partial charge >= 0.3 is 0 Å². The summed E-state index contributed by atoms with van der Waals surface area (Å²) < 4.78 is 0. The average Bonchev–Trinajstić information content (AvgIpc) is 2.60. The van der Waals surface area contributed by atoms with Gasteiger partial charge in [-0.15, -0.1) is 0 Å². The Bertz CT molecular complexity index is 756. The van der Waals surface area contributed by atoms with Gasteiger partial charge in [-0.05, 0) is 30.5 Å². The summed E-state index contributed by atoms with van der Waals surface area (Å²) >= 11 is 0. The Morgan fingerprint density at radius 1 is 0.826 bits per heavy atom. The van der Waals surface area contributed by atoms with Crippen molar-refractivity contribution >= 4 is 22.7 Å². The zero-order valence-corrected chi connectivity index (χ0v) is 13.4. The quantitative estimate of drug-likeness (QED) is 0.690. The monoisotopic (exact) mass is 306 g/mol. The molecule has 23 heavy (non-hydrogen) atoms. The number of para-hydroxylation sites is 1. The number of anilines is 2. The maximum Gasteiger partial charge on any atom is 0.225 e. The molecule has 0 atom stereocenters. The second-order valence-electron chi connectivity index (χ2n) is 5.50. The van der Waals surface area contributed by atoms with Crippen molar-refractivity contribution in [1.29, 1.82) is 0 Å². The average molecular weight is 306 g/mol. The fourth-order valence-electron chi connectivity index (χ4n) is 2.50. The molecule has 3 rings (SSSR count). The predicted octanol–water partition coefficient (Wildman–Crippen LogP) is 4.11. The van der Waals surface area contributed by atoms with Crippen molar-refractivity contribution < 1.29 is 0 Å². The lowest BCUT2D eigenvalue weighted by atomic mass is 10.1. The Labute approximate surface area is 137 Å². The summed E-state index contributed by atoms with van der Waals surface area (Å²) in [7, 11) is 0. The van der Waals surface area contributed by atoms with E-state index in [1.165, 1.54) is 5.56 Å². The molecule has 0 bridgehead atoms. The molecule has 0 unspecified atom stereocenters. The number of rotatable bonds is 7. The molecule has 0 fully saturated rings. The summed E-state index contributed by atoms with van der Waals surface area (Å²) in [6.07, 6.45) is 2.02. The molecule has 4 nitrogen and oxygen atoms in total.